The third-order valence-electron chi connectivity index (χ3n) is 8.47. The third kappa shape index (κ3) is 4.05. The van der Waals surface area contributed by atoms with Crippen molar-refractivity contribution in [3.05, 3.63) is 42.7 Å². The molecule has 12 heteroatoms. The minimum absolute atomic E-state index is 0.103. The Kier molecular flexibility index (Phi) is 8.33. The van der Waals surface area contributed by atoms with Gasteiger partial charge >= 0.3 is 11.9 Å². The van der Waals surface area contributed by atoms with Gasteiger partial charge in [0.1, 0.15) is 34.1 Å². The monoisotopic (exact) mass is 634 g/mol. The van der Waals surface area contributed by atoms with E-state index in [0.717, 1.165) is 14.2 Å². The molecule has 5 aromatic rings. The molecular formula is C34H34O12. The summed E-state index contributed by atoms with van der Waals surface area (Å²) >= 11 is 0. The van der Waals surface area contributed by atoms with Crippen molar-refractivity contribution < 1.29 is 48.2 Å². The fraction of sp³-hybridized carbons (Fsp3) is 0.353. The molecule has 5 rings (SSSR count). The van der Waals surface area contributed by atoms with Gasteiger partial charge in [0.15, 0.2) is 11.5 Å². The highest BCUT2D eigenvalue weighted by atomic mass is 16.5. The molecular weight excluding hydrogens is 600 g/mol. The van der Waals surface area contributed by atoms with E-state index in [2.05, 4.69) is 0 Å². The lowest BCUT2D eigenvalue weighted by atomic mass is 9.80. The van der Waals surface area contributed by atoms with Crippen LogP contribution in [0.15, 0.2) is 9.59 Å². The first-order valence-corrected chi connectivity index (χ1v) is 14.6. The van der Waals surface area contributed by atoms with Crippen LogP contribution in [-0.4, -0.2) is 64.8 Å². The molecule has 0 saturated carbocycles. The predicted molar refractivity (Wildman–Crippen MR) is 172 cm³/mol. The predicted octanol–water partition coefficient (Wildman–Crippen LogP) is 4.82. The van der Waals surface area contributed by atoms with Gasteiger partial charge in [0.05, 0.1) is 53.4 Å². The van der Waals surface area contributed by atoms with E-state index in [0.29, 0.717) is 23.6 Å². The number of carbonyl (C=O) groups is 2. The lowest BCUT2D eigenvalue weighted by Gasteiger charge is -2.26. The number of carbonyl (C=O) groups excluding carboxylic acids is 2. The zero-order valence-electron chi connectivity index (χ0n) is 26.8. The van der Waals surface area contributed by atoms with Crippen LogP contribution >= 0.6 is 0 Å². The molecule has 12 nitrogen and oxygen atoms in total. The maximum absolute atomic E-state index is 14.1. The Morgan fingerprint density at radius 1 is 0.500 bits per heavy atom. The standard InChI is InChI=1S/C34H34O12/c1-9-11-13-15-16-14(12-10-2)26(36)28(38)22-18(16)20(30(42-4)24(32(22)44-6)34(40)46-8)19-17(15)21(27(37)25(13)35)31(43-5)23(29(19)41-3)33(39)45-7/h35-36H,9-12H2,1-8H3. The number of esters is 2. The Bertz CT molecular complexity index is 2030. The Hall–Kier alpha value is -5.26. The third-order valence-corrected chi connectivity index (χ3v) is 8.47. The molecule has 0 spiro atoms. The van der Waals surface area contributed by atoms with E-state index >= 15 is 0 Å². The van der Waals surface area contributed by atoms with Gasteiger partial charge in [0.2, 0.25) is 10.9 Å². The molecule has 0 aromatic heterocycles. The lowest BCUT2D eigenvalue weighted by Crippen LogP contribution is -2.16. The summed E-state index contributed by atoms with van der Waals surface area (Å²) in [4.78, 5) is 55.1. The smallest absolute Gasteiger partial charge is 0.345 e. The lowest BCUT2D eigenvalue weighted by molar-refractivity contribution is 0.0584. The van der Waals surface area contributed by atoms with Crippen molar-refractivity contribution in [2.24, 2.45) is 0 Å². The second-order valence-electron chi connectivity index (χ2n) is 10.7. The summed E-state index contributed by atoms with van der Waals surface area (Å²) in [7, 11) is 7.41. The van der Waals surface area contributed by atoms with Crippen LogP contribution in [0, 0.1) is 0 Å². The van der Waals surface area contributed by atoms with E-state index < -0.39 is 34.3 Å². The summed E-state index contributed by atoms with van der Waals surface area (Å²) in [5, 5.41) is 24.0. The van der Waals surface area contributed by atoms with E-state index in [9.17, 15) is 29.4 Å². The molecule has 0 unspecified atom stereocenters. The van der Waals surface area contributed by atoms with E-state index in [1.807, 2.05) is 13.8 Å². The number of rotatable bonds is 10. The molecule has 46 heavy (non-hydrogen) atoms. The van der Waals surface area contributed by atoms with Crippen LogP contribution in [0.25, 0.3) is 43.1 Å². The van der Waals surface area contributed by atoms with Crippen LogP contribution in [-0.2, 0) is 22.3 Å². The number of ether oxygens (including phenoxy) is 6. The van der Waals surface area contributed by atoms with Gasteiger partial charge in [-0.15, -0.1) is 0 Å². The maximum atomic E-state index is 14.1. The SMILES string of the molecule is CCCc1c(O)c(=O)c2c(OC)c(C(=O)OC)c(OC)c3c4c(OC)c(C(=O)OC)c(OC)c5c(=O)c(O)c(CCC)c(c1c23)c54. The van der Waals surface area contributed by atoms with Crippen LogP contribution < -0.4 is 29.8 Å². The van der Waals surface area contributed by atoms with Gasteiger partial charge in [-0.25, -0.2) is 9.59 Å². The normalized spacial score (nSPS) is 11.5. The van der Waals surface area contributed by atoms with E-state index in [4.69, 9.17) is 28.4 Å². The number of aryl methyl sites for hydroxylation is 2. The number of aromatic hydroxyl groups is 2. The minimum Gasteiger partial charge on any atom is -0.504 e. The molecule has 0 heterocycles. The average molecular weight is 635 g/mol. The van der Waals surface area contributed by atoms with Crippen LogP contribution in [0.3, 0.4) is 0 Å². The van der Waals surface area contributed by atoms with Crippen molar-refractivity contribution in [3.8, 4) is 34.5 Å². The summed E-state index contributed by atoms with van der Waals surface area (Å²) in [6, 6.07) is 0. The zero-order chi connectivity index (χ0) is 33.8. The van der Waals surface area contributed by atoms with E-state index in [1.54, 1.807) is 0 Å². The second-order valence-corrected chi connectivity index (χ2v) is 10.7. The van der Waals surface area contributed by atoms with E-state index in [1.165, 1.54) is 28.4 Å². The molecule has 0 atom stereocenters. The number of methoxy groups -OCH3 is 6. The summed E-state index contributed by atoms with van der Waals surface area (Å²) < 4.78 is 33.3. The zero-order valence-corrected chi connectivity index (χ0v) is 26.8. The number of hydrogen-bond acceptors (Lipinski definition) is 12. The highest BCUT2D eigenvalue weighted by Gasteiger charge is 2.37. The Labute approximate surface area is 262 Å². The topological polar surface area (TPSA) is 164 Å². The molecule has 0 aliphatic heterocycles. The average Bonchev–Trinajstić information content (AvgIpc) is 3.07. The molecule has 0 saturated heterocycles. The summed E-state index contributed by atoms with van der Waals surface area (Å²) in [6.07, 6.45) is 1.47. The molecule has 0 aliphatic carbocycles. The Balaban J connectivity index is 2.47. The van der Waals surface area contributed by atoms with Gasteiger partial charge in [0, 0.05) is 32.7 Å². The maximum Gasteiger partial charge on any atom is 0.345 e. The number of phenolic OH excluding ortho intramolecular Hbond substituents is 2. The van der Waals surface area contributed by atoms with Crippen molar-refractivity contribution in [2.45, 2.75) is 39.5 Å². The quantitative estimate of drug-likeness (QED) is 0.122. The van der Waals surface area contributed by atoms with Crippen LogP contribution in [0.4, 0.5) is 0 Å². The number of benzene rings is 5. The molecule has 0 aliphatic rings. The molecule has 2 N–H and O–H groups in total. The fourth-order valence-electron chi connectivity index (χ4n) is 6.80. The van der Waals surface area contributed by atoms with Gasteiger partial charge in [-0.3, -0.25) is 9.59 Å². The van der Waals surface area contributed by atoms with E-state index in [-0.39, 0.29) is 90.4 Å². The summed E-state index contributed by atoms with van der Waals surface area (Å²) in [5.74, 6) is -3.64. The van der Waals surface area contributed by atoms with Gasteiger partial charge in [0.25, 0.3) is 0 Å². The first kappa shape index (κ1) is 32.1. The second kappa shape index (κ2) is 11.9. The number of fused-ring (bicyclic) bond motifs is 2. The highest BCUT2D eigenvalue weighted by molar-refractivity contribution is 6.40. The van der Waals surface area contributed by atoms with Crippen molar-refractivity contribution in [2.75, 3.05) is 42.7 Å². The highest BCUT2D eigenvalue weighted by Crippen LogP contribution is 2.56. The first-order chi connectivity index (χ1) is 22.1. The summed E-state index contributed by atoms with van der Waals surface area (Å²) in [5.41, 5.74) is -1.68. The molecule has 0 fully saturated rings. The number of hydrogen-bond donors (Lipinski definition) is 2. The van der Waals surface area contributed by atoms with Crippen LogP contribution in [0.1, 0.15) is 58.5 Å². The van der Waals surface area contributed by atoms with Crippen molar-refractivity contribution in [1.82, 2.24) is 0 Å². The van der Waals surface area contributed by atoms with Gasteiger partial charge in [-0.1, -0.05) is 26.7 Å². The minimum atomic E-state index is -0.922. The van der Waals surface area contributed by atoms with Gasteiger partial charge in [-0.2, -0.15) is 0 Å². The molecule has 0 amide bonds. The molecule has 0 bridgehead atoms. The Morgan fingerprint density at radius 2 is 0.804 bits per heavy atom. The van der Waals surface area contributed by atoms with Crippen LogP contribution in [0.2, 0.25) is 0 Å². The molecule has 0 radical (unpaired) electrons. The molecule has 242 valence electrons. The van der Waals surface area contributed by atoms with Crippen molar-refractivity contribution in [1.29, 1.82) is 0 Å². The molecule has 5 aromatic carbocycles. The van der Waals surface area contributed by atoms with Gasteiger partial charge < -0.3 is 38.6 Å². The summed E-state index contributed by atoms with van der Waals surface area (Å²) in [6.45, 7) is 3.74. The largest absolute Gasteiger partial charge is 0.504 e. The van der Waals surface area contributed by atoms with Crippen molar-refractivity contribution in [3.63, 3.8) is 0 Å². The number of phenols is 2. The first-order valence-electron chi connectivity index (χ1n) is 14.6. The van der Waals surface area contributed by atoms with Crippen molar-refractivity contribution >= 4 is 55.0 Å². The Morgan fingerprint density at radius 3 is 1.07 bits per heavy atom. The fourth-order valence-corrected chi connectivity index (χ4v) is 6.80. The van der Waals surface area contributed by atoms with Crippen LogP contribution in [0.5, 0.6) is 34.5 Å². The van der Waals surface area contributed by atoms with Gasteiger partial charge in [-0.05, 0) is 23.6 Å².